The minimum absolute atomic E-state index is 0.764. The summed E-state index contributed by atoms with van der Waals surface area (Å²) >= 11 is 0. The van der Waals surface area contributed by atoms with E-state index in [4.69, 9.17) is 15.6 Å². The van der Waals surface area contributed by atoms with Crippen molar-refractivity contribution in [1.82, 2.24) is 9.78 Å². The number of methoxy groups -OCH3 is 1. The van der Waals surface area contributed by atoms with E-state index >= 15 is 0 Å². The van der Waals surface area contributed by atoms with Gasteiger partial charge in [-0.25, -0.2) is 0 Å². The maximum atomic E-state index is 6.22. The van der Waals surface area contributed by atoms with Gasteiger partial charge in [-0.3, -0.25) is 4.68 Å². The third kappa shape index (κ3) is 3.44. The van der Waals surface area contributed by atoms with Crippen molar-refractivity contribution in [2.45, 2.75) is 39.8 Å². The highest BCUT2D eigenvalue weighted by atomic mass is 16.5. The van der Waals surface area contributed by atoms with Gasteiger partial charge in [-0.1, -0.05) is 18.2 Å². The predicted octanol–water partition coefficient (Wildman–Crippen LogP) is 4.09. The fraction of sp³-hybridized carbons (Fsp3) is 0.348. The molecule has 0 atom stereocenters. The molecule has 1 aliphatic rings. The Morgan fingerprint density at radius 2 is 1.86 bits per heavy atom. The smallest absolute Gasteiger partial charge is 0.118 e. The van der Waals surface area contributed by atoms with Gasteiger partial charge in [0.1, 0.15) is 5.75 Å². The first-order chi connectivity index (χ1) is 13.6. The molecule has 0 spiro atoms. The minimum atomic E-state index is 0.764. The first-order valence-corrected chi connectivity index (χ1v) is 9.85. The summed E-state index contributed by atoms with van der Waals surface area (Å²) in [6.45, 7) is 6.97. The molecule has 4 rings (SSSR count). The monoisotopic (exact) mass is 376 g/mol. The molecular formula is C23H28N4O. The van der Waals surface area contributed by atoms with Crippen LogP contribution < -0.4 is 15.4 Å². The van der Waals surface area contributed by atoms with Crippen molar-refractivity contribution >= 4 is 11.4 Å². The van der Waals surface area contributed by atoms with Gasteiger partial charge in [-0.15, -0.1) is 0 Å². The van der Waals surface area contributed by atoms with Gasteiger partial charge in [0.05, 0.1) is 19.3 Å². The molecule has 0 bridgehead atoms. The molecule has 1 aromatic heterocycles. The van der Waals surface area contributed by atoms with E-state index in [1.54, 1.807) is 7.11 Å². The average molecular weight is 377 g/mol. The van der Waals surface area contributed by atoms with E-state index in [-0.39, 0.29) is 0 Å². The molecule has 0 saturated heterocycles. The molecule has 5 heteroatoms. The Hall–Kier alpha value is -2.95. The maximum absolute atomic E-state index is 6.22. The molecule has 2 N–H and O–H groups in total. The fourth-order valence-electron chi connectivity index (χ4n) is 4.10. The van der Waals surface area contributed by atoms with Crippen LogP contribution in [-0.4, -0.2) is 23.4 Å². The second-order valence-electron chi connectivity index (χ2n) is 7.53. The maximum Gasteiger partial charge on any atom is 0.118 e. The fourth-order valence-corrected chi connectivity index (χ4v) is 4.10. The molecule has 0 saturated carbocycles. The van der Waals surface area contributed by atoms with Gasteiger partial charge >= 0.3 is 0 Å². The van der Waals surface area contributed by atoms with Gasteiger partial charge in [0.15, 0.2) is 0 Å². The molecule has 146 valence electrons. The third-order valence-electron chi connectivity index (χ3n) is 5.75. The highest BCUT2D eigenvalue weighted by molar-refractivity contribution is 5.66. The van der Waals surface area contributed by atoms with E-state index in [0.717, 1.165) is 49.6 Å². The lowest BCUT2D eigenvalue weighted by Crippen LogP contribution is -2.29. The molecule has 0 fully saturated rings. The number of fused-ring (bicyclic) bond motifs is 1. The Balaban J connectivity index is 1.58. The summed E-state index contributed by atoms with van der Waals surface area (Å²) in [4.78, 5) is 2.45. The highest BCUT2D eigenvalue weighted by Gasteiger charge is 2.21. The van der Waals surface area contributed by atoms with Gasteiger partial charge in [-0.2, -0.15) is 5.10 Å². The number of aromatic nitrogens is 2. The number of ether oxygens (including phenoxy) is 1. The predicted molar refractivity (Wildman–Crippen MR) is 114 cm³/mol. The summed E-state index contributed by atoms with van der Waals surface area (Å²) in [5.41, 5.74) is 14.5. The second-order valence-corrected chi connectivity index (χ2v) is 7.53. The molecule has 0 aliphatic carbocycles. The van der Waals surface area contributed by atoms with Crippen molar-refractivity contribution in [2.75, 3.05) is 24.3 Å². The molecule has 3 aromatic rings. The third-order valence-corrected chi connectivity index (χ3v) is 5.75. The highest BCUT2D eigenvalue weighted by Crippen LogP contribution is 2.33. The number of aryl methyl sites for hydroxylation is 1. The Morgan fingerprint density at radius 1 is 1.07 bits per heavy atom. The van der Waals surface area contributed by atoms with Crippen molar-refractivity contribution in [2.24, 2.45) is 0 Å². The number of nitrogens with zero attached hydrogens (tertiary/aromatic N) is 3. The van der Waals surface area contributed by atoms with Crippen LogP contribution in [0.25, 0.3) is 0 Å². The number of benzene rings is 2. The molecular weight excluding hydrogens is 348 g/mol. The summed E-state index contributed by atoms with van der Waals surface area (Å²) in [5, 5.41) is 4.82. The molecule has 0 unspecified atom stereocenters. The zero-order chi connectivity index (χ0) is 19.7. The van der Waals surface area contributed by atoms with Crippen LogP contribution in [0, 0.1) is 13.8 Å². The standard InChI is InChI=1S/C23H28N4O/c1-16-21(15-26-13-5-6-20-22(24)7-4-8-23(20)26)17(2)27(25-16)14-18-9-11-19(28-3)12-10-18/h4,7-12H,5-6,13-15,24H2,1-3H3. The van der Waals surface area contributed by atoms with Crippen molar-refractivity contribution < 1.29 is 4.74 Å². The zero-order valence-electron chi connectivity index (χ0n) is 16.9. The summed E-state index contributed by atoms with van der Waals surface area (Å²) in [6, 6.07) is 14.4. The van der Waals surface area contributed by atoms with Crippen LogP contribution in [0.4, 0.5) is 11.4 Å². The Kier molecular flexibility index (Phi) is 4.99. The van der Waals surface area contributed by atoms with Crippen LogP contribution in [0.2, 0.25) is 0 Å². The van der Waals surface area contributed by atoms with Crippen LogP contribution >= 0.6 is 0 Å². The molecule has 1 aliphatic heterocycles. The first kappa shape index (κ1) is 18.4. The van der Waals surface area contributed by atoms with E-state index in [0.29, 0.717) is 0 Å². The normalized spacial score (nSPS) is 13.5. The number of hydrogen-bond acceptors (Lipinski definition) is 4. The quantitative estimate of drug-likeness (QED) is 0.682. The number of nitrogens with two attached hydrogens (primary N) is 1. The summed E-state index contributed by atoms with van der Waals surface area (Å²) in [7, 11) is 1.69. The van der Waals surface area contributed by atoms with E-state index < -0.39 is 0 Å². The Morgan fingerprint density at radius 3 is 2.61 bits per heavy atom. The summed E-state index contributed by atoms with van der Waals surface area (Å²) in [6.07, 6.45) is 2.20. The van der Waals surface area contributed by atoms with Crippen LogP contribution in [0.5, 0.6) is 5.75 Å². The van der Waals surface area contributed by atoms with Crippen LogP contribution in [0.1, 0.15) is 34.5 Å². The van der Waals surface area contributed by atoms with Gasteiger partial charge in [0, 0.05) is 35.7 Å². The van der Waals surface area contributed by atoms with Gasteiger partial charge in [-0.05, 0) is 62.1 Å². The summed E-state index contributed by atoms with van der Waals surface area (Å²) < 4.78 is 7.36. The van der Waals surface area contributed by atoms with E-state index in [1.165, 1.54) is 28.1 Å². The molecule has 28 heavy (non-hydrogen) atoms. The summed E-state index contributed by atoms with van der Waals surface area (Å²) in [5.74, 6) is 0.876. The Labute approximate surface area is 166 Å². The Bertz CT molecular complexity index is 975. The van der Waals surface area contributed by atoms with Crippen LogP contribution in [-0.2, 0) is 19.5 Å². The number of hydrogen-bond donors (Lipinski definition) is 1. The van der Waals surface area contributed by atoms with Gasteiger partial charge in [0.2, 0.25) is 0 Å². The molecule has 0 radical (unpaired) electrons. The SMILES string of the molecule is COc1ccc(Cn2nc(C)c(CN3CCCc4c(N)cccc43)c2C)cc1. The van der Waals surface area contributed by atoms with E-state index in [1.807, 2.05) is 18.2 Å². The largest absolute Gasteiger partial charge is 0.497 e. The van der Waals surface area contributed by atoms with Crippen LogP contribution in [0.3, 0.4) is 0 Å². The van der Waals surface area contributed by atoms with Crippen molar-refractivity contribution in [3.05, 3.63) is 70.5 Å². The minimum Gasteiger partial charge on any atom is -0.497 e. The lowest BCUT2D eigenvalue weighted by atomic mass is 9.99. The number of anilines is 2. The number of nitrogen functional groups attached to an aromatic ring is 1. The van der Waals surface area contributed by atoms with Crippen molar-refractivity contribution in [3.8, 4) is 5.75 Å². The van der Waals surface area contributed by atoms with Crippen LogP contribution in [0.15, 0.2) is 42.5 Å². The first-order valence-electron chi connectivity index (χ1n) is 9.85. The van der Waals surface area contributed by atoms with E-state index in [9.17, 15) is 0 Å². The van der Waals surface area contributed by atoms with E-state index in [2.05, 4.69) is 47.7 Å². The zero-order valence-corrected chi connectivity index (χ0v) is 16.9. The van der Waals surface area contributed by atoms with Crippen molar-refractivity contribution in [3.63, 3.8) is 0 Å². The number of rotatable bonds is 5. The lowest BCUT2D eigenvalue weighted by Gasteiger charge is -2.32. The molecule has 2 aromatic carbocycles. The van der Waals surface area contributed by atoms with Gasteiger partial charge < -0.3 is 15.4 Å². The molecule has 2 heterocycles. The van der Waals surface area contributed by atoms with Crippen molar-refractivity contribution in [1.29, 1.82) is 0 Å². The topological polar surface area (TPSA) is 56.3 Å². The molecule has 0 amide bonds. The average Bonchev–Trinajstić information content (AvgIpc) is 2.97. The van der Waals surface area contributed by atoms with Gasteiger partial charge in [0.25, 0.3) is 0 Å². The molecule has 5 nitrogen and oxygen atoms in total. The lowest BCUT2D eigenvalue weighted by molar-refractivity contribution is 0.414. The second kappa shape index (κ2) is 7.58.